The van der Waals surface area contributed by atoms with E-state index in [2.05, 4.69) is 63.4 Å². The van der Waals surface area contributed by atoms with E-state index in [4.69, 9.17) is 5.11 Å². The van der Waals surface area contributed by atoms with Crippen LogP contribution in [0.3, 0.4) is 0 Å². The van der Waals surface area contributed by atoms with Gasteiger partial charge in [-0.05, 0) is 75.7 Å². The minimum Gasteiger partial charge on any atom is -0.396 e. The molecule has 1 rings (SSSR count). The second kappa shape index (κ2) is 5.39. The predicted octanol–water partition coefficient (Wildman–Crippen LogP) is 2.82. The Balaban J connectivity index is 2.81. The normalized spacial score (nSPS) is 10.2. The average molecular weight is 388 g/mol. The molecule has 3 heteroatoms. The summed E-state index contributed by atoms with van der Waals surface area (Å²) in [5.41, 5.74) is 1.37. The van der Waals surface area contributed by atoms with Crippen LogP contribution in [-0.4, -0.2) is 11.7 Å². The maximum Gasteiger partial charge on any atom is 0.0434 e. The van der Waals surface area contributed by atoms with E-state index in [0.717, 1.165) is 12.8 Å². The number of rotatable bonds is 3. The van der Waals surface area contributed by atoms with Crippen LogP contribution in [0.4, 0.5) is 0 Å². The summed E-state index contributed by atoms with van der Waals surface area (Å²) in [6.45, 7) is 0.279. The van der Waals surface area contributed by atoms with E-state index in [-0.39, 0.29) is 6.61 Å². The molecule has 0 radical (unpaired) electrons. The maximum atomic E-state index is 8.70. The fraction of sp³-hybridized carbons (Fsp3) is 0.333. The molecule has 0 aromatic heterocycles. The molecule has 0 saturated heterocycles. The van der Waals surface area contributed by atoms with Gasteiger partial charge in [-0.25, -0.2) is 0 Å². The Kier molecular flexibility index (Phi) is 4.81. The molecule has 1 nitrogen and oxygen atoms in total. The summed E-state index contributed by atoms with van der Waals surface area (Å²) < 4.78 is 2.60. The second-order valence-electron chi connectivity index (χ2n) is 2.53. The molecule has 0 bridgehead atoms. The first-order valence-corrected chi connectivity index (χ1v) is 5.95. The Morgan fingerprint density at radius 3 is 2.25 bits per heavy atom. The lowest BCUT2D eigenvalue weighted by atomic mass is 10.1. The molecule has 12 heavy (non-hydrogen) atoms. The largest absolute Gasteiger partial charge is 0.396 e. The summed E-state index contributed by atoms with van der Waals surface area (Å²) in [5, 5.41) is 8.70. The number of aliphatic hydroxyl groups is 1. The molecule has 0 unspecified atom stereocenters. The molecule has 0 heterocycles. The first-order valence-electron chi connectivity index (χ1n) is 3.79. The monoisotopic (exact) mass is 388 g/mol. The van der Waals surface area contributed by atoms with Crippen LogP contribution in [0.15, 0.2) is 18.2 Å². The molecule has 0 aliphatic heterocycles. The van der Waals surface area contributed by atoms with Gasteiger partial charge in [0.1, 0.15) is 0 Å². The molecule has 0 saturated carbocycles. The van der Waals surface area contributed by atoms with Gasteiger partial charge in [-0.3, -0.25) is 0 Å². The molecule has 0 amide bonds. The van der Waals surface area contributed by atoms with Crippen molar-refractivity contribution >= 4 is 45.2 Å². The molecule has 0 aliphatic carbocycles. The number of halogens is 2. The second-order valence-corrected chi connectivity index (χ2v) is 4.85. The quantitative estimate of drug-likeness (QED) is 0.791. The SMILES string of the molecule is OCCCc1c(I)cccc1I. The summed E-state index contributed by atoms with van der Waals surface area (Å²) in [6.07, 6.45) is 1.84. The minimum absolute atomic E-state index is 0.279. The van der Waals surface area contributed by atoms with Gasteiger partial charge in [0.25, 0.3) is 0 Å². The highest BCUT2D eigenvalue weighted by Crippen LogP contribution is 2.20. The lowest BCUT2D eigenvalue weighted by Crippen LogP contribution is -1.95. The summed E-state index contributed by atoms with van der Waals surface area (Å²) in [6, 6.07) is 6.27. The molecule has 66 valence electrons. The van der Waals surface area contributed by atoms with E-state index < -0.39 is 0 Å². The van der Waals surface area contributed by atoms with E-state index >= 15 is 0 Å². The summed E-state index contributed by atoms with van der Waals surface area (Å²) >= 11 is 4.68. The first kappa shape index (κ1) is 10.7. The van der Waals surface area contributed by atoms with E-state index in [9.17, 15) is 0 Å². The molecular formula is C9H10I2O. The highest BCUT2D eigenvalue weighted by molar-refractivity contribution is 14.1. The molecular weight excluding hydrogens is 378 g/mol. The fourth-order valence-electron chi connectivity index (χ4n) is 1.03. The van der Waals surface area contributed by atoms with Gasteiger partial charge in [-0.15, -0.1) is 0 Å². The molecule has 0 fully saturated rings. The van der Waals surface area contributed by atoms with Crippen LogP contribution in [0, 0.1) is 7.14 Å². The molecule has 1 N–H and O–H groups in total. The van der Waals surface area contributed by atoms with Crippen molar-refractivity contribution in [2.24, 2.45) is 0 Å². The van der Waals surface area contributed by atoms with E-state index in [1.54, 1.807) is 0 Å². The molecule has 1 aromatic rings. The summed E-state index contributed by atoms with van der Waals surface area (Å²) in [4.78, 5) is 0. The van der Waals surface area contributed by atoms with Gasteiger partial charge in [0.05, 0.1) is 0 Å². The third-order valence-electron chi connectivity index (χ3n) is 1.65. The van der Waals surface area contributed by atoms with Gasteiger partial charge < -0.3 is 5.11 Å². The molecule has 0 aliphatic rings. The number of hydrogen-bond acceptors (Lipinski definition) is 1. The lowest BCUT2D eigenvalue weighted by molar-refractivity contribution is 0.288. The Morgan fingerprint density at radius 1 is 1.17 bits per heavy atom. The van der Waals surface area contributed by atoms with Gasteiger partial charge in [0.2, 0.25) is 0 Å². The maximum absolute atomic E-state index is 8.70. The van der Waals surface area contributed by atoms with E-state index in [1.807, 2.05) is 0 Å². The highest BCUT2D eigenvalue weighted by atomic mass is 127. The zero-order valence-corrected chi connectivity index (χ0v) is 10.9. The fourth-order valence-corrected chi connectivity index (χ4v) is 3.08. The zero-order chi connectivity index (χ0) is 8.97. The van der Waals surface area contributed by atoms with Crippen molar-refractivity contribution in [2.75, 3.05) is 6.61 Å². The standard InChI is InChI=1S/C9H10I2O/c10-8-4-1-5-9(11)7(8)3-2-6-12/h1,4-5,12H,2-3,6H2. The number of aliphatic hydroxyl groups excluding tert-OH is 1. The Bertz CT molecular complexity index is 240. The van der Waals surface area contributed by atoms with Crippen molar-refractivity contribution in [3.8, 4) is 0 Å². The third-order valence-corrected chi connectivity index (χ3v) is 3.67. The van der Waals surface area contributed by atoms with Crippen LogP contribution >= 0.6 is 45.2 Å². The van der Waals surface area contributed by atoms with Gasteiger partial charge in [0.15, 0.2) is 0 Å². The van der Waals surface area contributed by atoms with Crippen molar-refractivity contribution in [3.05, 3.63) is 30.9 Å². The van der Waals surface area contributed by atoms with Crippen LogP contribution in [0.1, 0.15) is 12.0 Å². The Morgan fingerprint density at radius 2 is 1.75 bits per heavy atom. The minimum atomic E-state index is 0.279. The van der Waals surface area contributed by atoms with Crippen LogP contribution in [0.25, 0.3) is 0 Å². The smallest absolute Gasteiger partial charge is 0.0434 e. The molecule has 0 atom stereocenters. The zero-order valence-electron chi connectivity index (χ0n) is 6.56. The van der Waals surface area contributed by atoms with Crippen molar-refractivity contribution in [2.45, 2.75) is 12.8 Å². The number of benzene rings is 1. The van der Waals surface area contributed by atoms with Gasteiger partial charge >= 0.3 is 0 Å². The van der Waals surface area contributed by atoms with Crippen LogP contribution in [-0.2, 0) is 6.42 Å². The van der Waals surface area contributed by atoms with Gasteiger partial charge in [0, 0.05) is 13.7 Å². The van der Waals surface area contributed by atoms with Crippen LogP contribution < -0.4 is 0 Å². The summed E-state index contributed by atoms with van der Waals surface area (Å²) in [5.74, 6) is 0. The van der Waals surface area contributed by atoms with Gasteiger partial charge in [-0.1, -0.05) is 6.07 Å². The van der Waals surface area contributed by atoms with Crippen molar-refractivity contribution in [1.29, 1.82) is 0 Å². The Hall–Kier alpha value is 0.640. The molecule has 1 aromatic carbocycles. The van der Waals surface area contributed by atoms with E-state index in [1.165, 1.54) is 12.7 Å². The predicted molar refractivity (Wildman–Crippen MR) is 67.3 cm³/mol. The number of hydrogen-bond donors (Lipinski definition) is 1. The van der Waals surface area contributed by atoms with Crippen molar-refractivity contribution in [3.63, 3.8) is 0 Å². The summed E-state index contributed by atoms with van der Waals surface area (Å²) in [7, 11) is 0. The van der Waals surface area contributed by atoms with E-state index in [0.29, 0.717) is 0 Å². The van der Waals surface area contributed by atoms with Crippen molar-refractivity contribution < 1.29 is 5.11 Å². The molecule has 0 spiro atoms. The Labute approximate surface area is 99.8 Å². The van der Waals surface area contributed by atoms with Crippen LogP contribution in [0.2, 0.25) is 0 Å². The van der Waals surface area contributed by atoms with Crippen LogP contribution in [0.5, 0.6) is 0 Å². The lowest BCUT2D eigenvalue weighted by Gasteiger charge is -2.05. The third kappa shape index (κ3) is 2.85. The topological polar surface area (TPSA) is 20.2 Å². The van der Waals surface area contributed by atoms with Gasteiger partial charge in [-0.2, -0.15) is 0 Å². The van der Waals surface area contributed by atoms with Crippen molar-refractivity contribution in [1.82, 2.24) is 0 Å². The average Bonchev–Trinajstić information content (AvgIpc) is 2.04. The highest BCUT2D eigenvalue weighted by Gasteiger charge is 2.02. The first-order chi connectivity index (χ1) is 5.75.